The summed E-state index contributed by atoms with van der Waals surface area (Å²) in [5, 5.41) is 10.9. The zero-order valence-corrected chi connectivity index (χ0v) is 11.3. The SMILES string of the molecule is CCC(N)(CC)C(=O)NCc1nnc2ccccn12. The molecular weight excluding hydrogens is 242 g/mol. The third-order valence-corrected chi connectivity index (χ3v) is 3.51. The Morgan fingerprint density at radius 1 is 1.37 bits per heavy atom. The Bertz CT molecular complexity index is 573. The minimum atomic E-state index is -0.805. The van der Waals surface area contributed by atoms with Crippen LogP contribution in [0.4, 0.5) is 0 Å². The van der Waals surface area contributed by atoms with Gasteiger partial charge in [0.2, 0.25) is 5.91 Å². The predicted octanol–water partition coefficient (Wildman–Crippen LogP) is 0.863. The number of fused-ring (bicyclic) bond motifs is 1. The first-order valence-corrected chi connectivity index (χ1v) is 6.46. The quantitative estimate of drug-likeness (QED) is 0.836. The Morgan fingerprint density at radius 3 is 2.79 bits per heavy atom. The van der Waals surface area contributed by atoms with Crippen LogP contribution in [0.1, 0.15) is 32.5 Å². The number of hydrogen-bond acceptors (Lipinski definition) is 4. The van der Waals surface area contributed by atoms with Crippen molar-refractivity contribution in [2.45, 2.75) is 38.8 Å². The predicted molar refractivity (Wildman–Crippen MR) is 72.3 cm³/mol. The molecule has 2 heterocycles. The molecule has 0 saturated heterocycles. The van der Waals surface area contributed by atoms with Gasteiger partial charge < -0.3 is 11.1 Å². The van der Waals surface area contributed by atoms with Gasteiger partial charge in [0.15, 0.2) is 11.5 Å². The Kier molecular flexibility index (Phi) is 3.80. The van der Waals surface area contributed by atoms with Crippen LogP contribution >= 0.6 is 0 Å². The third kappa shape index (κ3) is 2.58. The molecule has 0 atom stereocenters. The van der Waals surface area contributed by atoms with E-state index in [2.05, 4.69) is 15.5 Å². The van der Waals surface area contributed by atoms with E-state index in [0.29, 0.717) is 25.2 Å². The van der Waals surface area contributed by atoms with Crippen molar-refractivity contribution in [2.24, 2.45) is 5.73 Å². The molecule has 6 nitrogen and oxygen atoms in total. The minimum Gasteiger partial charge on any atom is -0.347 e. The van der Waals surface area contributed by atoms with Crippen molar-refractivity contribution in [3.63, 3.8) is 0 Å². The zero-order valence-electron chi connectivity index (χ0n) is 11.3. The summed E-state index contributed by atoms with van der Waals surface area (Å²) in [6.07, 6.45) is 3.08. The molecule has 0 aliphatic rings. The molecule has 0 unspecified atom stereocenters. The fourth-order valence-electron chi connectivity index (χ4n) is 1.92. The number of aromatic nitrogens is 3. The Labute approximate surface area is 112 Å². The van der Waals surface area contributed by atoms with Gasteiger partial charge in [-0.25, -0.2) is 0 Å². The molecule has 102 valence electrons. The van der Waals surface area contributed by atoms with E-state index < -0.39 is 5.54 Å². The van der Waals surface area contributed by atoms with Gasteiger partial charge in [0.25, 0.3) is 0 Å². The molecule has 6 heteroatoms. The lowest BCUT2D eigenvalue weighted by Gasteiger charge is -2.24. The van der Waals surface area contributed by atoms with Gasteiger partial charge in [-0.3, -0.25) is 9.20 Å². The molecule has 0 aliphatic carbocycles. The molecule has 0 bridgehead atoms. The highest BCUT2D eigenvalue weighted by molar-refractivity contribution is 5.85. The summed E-state index contributed by atoms with van der Waals surface area (Å²) >= 11 is 0. The molecule has 2 rings (SSSR count). The summed E-state index contributed by atoms with van der Waals surface area (Å²) in [5.41, 5.74) is 5.99. The number of rotatable bonds is 5. The number of pyridine rings is 1. The summed E-state index contributed by atoms with van der Waals surface area (Å²) in [5.74, 6) is 0.545. The summed E-state index contributed by atoms with van der Waals surface area (Å²) in [4.78, 5) is 12.1. The summed E-state index contributed by atoms with van der Waals surface area (Å²) in [7, 11) is 0. The maximum Gasteiger partial charge on any atom is 0.240 e. The number of carbonyl (C=O) groups excluding carboxylic acids is 1. The maximum absolute atomic E-state index is 12.1. The summed E-state index contributed by atoms with van der Waals surface area (Å²) in [6, 6.07) is 5.65. The number of nitrogens with one attached hydrogen (secondary N) is 1. The normalized spacial score (nSPS) is 11.7. The van der Waals surface area contributed by atoms with E-state index in [1.165, 1.54) is 0 Å². The van der Waals surface area contributed by atoms with Gasteiger partial charge in [-0.05, 0) is 25.0 Å². The maximum atomic E-state index is 12.1. The summed E-state index contributed by atoms with van der Waals surface area (Å²) in [6.45, 7) is 4.15. The monoisotopic (exact) mass is 261 g/mol. The second kappa shape index (κ2) is 5.36. The average molecular weight is 261 g/mol. The smallest absolute Gasteiger partial charge is 0.240 e. The van der Waals surface area contributed by atoms with Crippen LogP contribution in [0.3, 0.4) is 0 Å². The Balaban J connectivity index is 2.09. The molecule has 0 radical (unpaired) electrons. The molecule has 0 fully saturated rings. The Hall–Kier alpha value is -1.95. The van der Waals surface area contributed by atoms with Gasteiger partial charge in [0.05, 0.1) is 12.1 Å². The zero-order chi connectivity index (χ0) is 13.9. The lowest BCUT2D eigenvalue weighted by atomic mass is 9.93. The second-order valence-electron chi connectivity index (χ2n) is 4.59. The first-order valence-electron chi connectivity index (χ1n) is 6.46. The van der Waals surface area contributed by atoms with E-state index in [1.807, 2.05) is 42.6 Å². The van der Waals surface area contributed by atoms with E-state index >= 15 is 0 Å². The lowest BCUT2D eigenvalue weighted by Crippen LogP contribution is -2.52. The van der Waals surface area contributed by atoms with Gasteiger partial charge in [-0.2, -0.15) is 0 Å². The number of hydrogen-bond donors (Lipinski definition) is 2. The molecule has 2 aromatic heterocycles. The topological polar surface area (TPSA) is 85.3 Å². The van der Waals surface area contributed by atoms with E-state index in [0.717, 1.165) is 5.65 Å². The molecule has 0 aliphatic heterocycles. The van der Waals surface area contributed by atoms with Crippen LogP contribution in [0.2, 0.25) is 0 Å². The lowest BCUT2D eigenvalue weighted by molar-refractivity contribution is -0.126. The van der Waals surface area contributed by atoms with Crippen molar-refractivity contribution in [2.75, 3.05) is 0 Å². The average Bonchev–Trinajstić information content (AvgIpc) is 2.87. The standard InChI is InChI=1S/C13H19N5O/c1-3-13(14,4-2)12(19)15-9-11-17-16-10-7-5-6-8-18(10)11/h5-8H,3-4,9,14H2,1-2H3,(H,15,19). The highest BCUT2D eigenvalue weighted by Crippen LogP contribution is 2.11. The van der Waals surface area contributed by atoms with Crippen LogP contribution < -0.4 is 11.1 Å². The van der Waals surface area contributed by atoms with E-state index in [-0.39, 0.29) is 5.91 Å². The van der Waals surface area contributed by atoms with E-state index in [9.17, 15) is 4.79 Å². The Morgan fingerprint density at radius 2 is 2.11 bits per heavy atom. The van der Waals surface area contributed by atoms with E-state index in [1.54, 1.807) is 0 Å². The van der Waals surface area contributed by atoms with Crippen LogP contribution in [0.5, 0.6) is 0 Å². The van der Waals surface area contributed by atoms with Crippen LogP contribution in [-0.2, 0) is 11.3 Å². The molecule has 19 heavy (non-hydrogen) atoms. The first kappa shape index (κ1) is 13.5. The largest absolute Gasteiger partial charge is 0.347 e. The number of amides is 1. The second-order valence-corrected chi connectivity index (χ2v) is 4.59. The van der Waals surface area contributed by atoms with Gasteiger partial charge in [-0.15, -0.1) is 10.2 Å². The molecule has 0 saturated carbocycles. The summed E-state index contributed by atoms with van der Waals surface area (Å²) < 4.78 is 1.84. The molecule has 2 aromatic rings. The van der Waals surface area contributed by atoms with Crippen LogP contribution in [-0.4, -0.2) is 26.0 Å². The van der Waals surface area contributed by atoms with Crippen molar-refractivity contribution in [1.82, 2.24) is 19.9 Å². The third-order valence-electron chi connectivity index (χ3n) is 3.51. The molecule has 0 aromatic carbocycles. The number of carbonyl (C=O) groups is 1. The molecular formula is C13H19N5O. The van der Waals surface area contributed by atoms with Crippen molar-refractivity contribution in [1.29, 1.82) is 0 Å². The van der Waals surface area contributed by atoms with E-state index in [4.69, 9.17) is 5.73 Å². The van der Waals surface area contributed by atoms with Crippen LogP contribution in [0.25, 0.3) is 5.65 Å². The number of nitrogens with two attached hydrogens (primary N) is 1. The van der Waals surface area contributed by atoms with Crippen LogP contribution in [0.15, 0.2) is 24.4 Å². The van der Waals surface area contributed by atoms with Crippen molar-refractivity contribution in [3.8, 4) is 0 Å². The van der Waals surface area contributed by atoms with Crippen molar-refractivity contribution >= 4 is 11.6 Å². The van der Waals surface area contributed by atoms with Gasteiger partial charge in [-0.1, -0.05) is 19.9 Å². The number of nitrogens with zero attached hydrogens (tertiary/aromatic N) is 3. The molecule has 0 spiro atoms. The highest BCUT2D eigenvalue weighted by Gasteiger charge is 2.29. The van der Waals surface area contributed by atoms with Crippen molar-refractivity contribution in [3.05, 3.63) is 30.2 Å². The van der Waals surface area contributed by atoms with Gasteiger partial charge >= 0.3 is 0 Å². The fourth-order valence-corrected chi connectivity index (χ4v) is 1.92. The minimum absolute atomic E-state index is 0.148. The fraction of sp³-hybridized carbons (Fsp3) is 0.462. The first-order chi connectivity index (χ1) is 9.10. The van der Waals surface area contributed by atoms with Crippen LogP contribution in [0, 0.1) is 0 Å². The van der Waals surface area contributed by atoms with Gasteiger partial charge in [0.1, 0.15) is 0 Å². The molecule has 1 amide bonds. The van der Waals surface area contributed by atoms with Gasteiger partial charge in [0, 0.05) is 6.20 Å². The molecule has 3 N–H and O–H groups in total. The highest BCUT2D eigenvalue weighted by atomic mass is 16.2. The van der Waals surface area contributed by atoms with Crippen molar-refractivity contribution < 1.29 is 4.79 Å².